The summed E-state index contributed by atoms with van der Waals surface area (Å²) in [6, 6.07) is 14.4. The molecule has 0 spiro atoms. The van der Waals surface area contributed by atoms with Gasteiger partial charge in [-0.2, -0.15) is 0 Å². The van der Waals surface area contributed by atoms with Crippen molar-refractivity contribution in [2.45, 2.75) is 11.8 Å². The van der Waals surface area contributed by atoms with Crippen molar-refractivity contribution in [1.29, 1.82) is 0 Å². The summed E-state index contributed by atoms with van der Waals surface area (Å²) in [5.41, 5.74) is 2.38. The molecule has 0 saturated carbocycles. The number of sulfone groups is 1. The molecule has 1 aromatic heterocycles. The maximum Gasteiger partial charge on any atom is 0.261 e. The summed E-state index contributed by atoms with van der Waals surface area (Å²) >= 11 is 1.32. The average molecular weight is 449 g/mol. The molecule has 0 aliphatic carbocycles. The van der Waals surface area contributed by atoms with Gasteiger partial charge in [0.15, 0.2) is 9.84 Å². The van der Waals surface area contributed by atoms with Crippen molar-refractivity contribution in [2.24, 2.45) is 0 Å². The summed E-state index contributed by atoms with van der Waals surface area (Å²) in [7, 11) is 0.462. The van der Waals surface area contributed by atoms with Gasteiger partial charge in [0.1, 0.15) is 5.82 Å². The van der Waals surface area contributed by atoms with E-state index in [0.717, 1.165) is 27.8 Å². The van der Waals surface area contributed by atoms with Crippen LogP contribution < -0.4 is 10.6 Å². The third kappa shape index (κ3) is 5.98. The highest BCUT2D eigenvalue weighted by molar-refractivity contribution is 7.90. The van der Waals surface area contributed by atoms with Gasteiger partial charge in [-0.05, 0) is 62.5 Å². The van der Waals surface area contributed by atoms with Crippen LogP contribution in [0.5, 0.6) is 0 Å². The second-order valence-electron chi connectivity index (χ2n) is 6.52. The van der Waals surface area contributed by atoms with Crippen LogP contribution in [0.1, 0.15) is 16.6 Å². The number of amides is 1. The molecule has 2 N–H and O–H groups in total. The van der Waals surface area contributed by atoms with Crippen LogP contribution in [-0.2, 0) is 9.84 Å². The summed E-state index contributed by atoms with van der Waals surface area (Å²) in [6.45, 7) is 2.36. The minimum atomic E-state index is -3.29. The highest BCUT2D eigenvalue weighted by atomic mass is 32.2. The maximum absolute atomic E-state index is 13.3. The Morgan fingerprint density at radius 3 is 2.03 bits per heavy atom. The third-order valence-electron chi connectivity index (χ3n) is 3.99. The van der Waals surface area contributed by atoms with Gasteiger partial charge >= 0.3 is 0 Å². The molecule has 2 aromatic carbocycles. The maximum atomic E-state index is 13.3. The minimum Gasteiger partial charge on any atom is -0.352 e. The van der Waals surface area contributed by atoms with E-state index in [2.05, 4.69) is 10.6 Å². The van der Waals surface area contributed by atoms with Gasteiger partial charge in [-0.1, -0.05) is 24.3 Å². The second kappa shape index (κ2) is 10.5. The molecule has 1 amide bonds. The van der Waals surface area contributed by atoms with Gasteiger partial charge in [-0.25, -0.2) is 12.8 Å². The first-order chi connectivity index (χ1) is 14.2. The quantitative estimate of drug-likeness (QED) is 0.613. The molecule has 3 rings (SSSR count). The Kier molecular flexibility index (Phi) is 8.28. The van der Waals surface area contributed by atoms with Crippen molar-refractivity contribution < 1.29 is 17.6 Å². The summed E-state index contributed by atoms with van der Waals surface area (Å²) in [5.74, 6) is -0.511. The number of hydrogen-bond acceptors (Lipinski definition) is 5. The Morgan fingerprint density at radius 1 is 1.00 bits per heavy atom. The molecular formula is C22H25FN2O3S2. The molecule has 30 heavy (non-hydrogen) atoms. The average Bonchev–Trinajstić information content (AvgIpc) is 3.14. The number of thiophene rings is 1. The largest absolute Gasteiger partial charge is 0.352 e. The van der Waals surface area contributed by atoms with Crippen LogP contribution in [0.3, 0.4) is 0 Å². The number of rotatable bonds is 5. The third-order valence-corrected chi connectivity index (χ3v) is 6.30. The van der Waals surface area contributed by atoms with E-state index in [4.69, 9.17) is 0 Å². The second-order valence-corrected chi connectivity index (χ2v) is 9.58. The first kappa shape index (κ1) is 23.7. The number of halogens is 1. The molecule has 0 aliphatic rings. The van der Waals surface area contributed by atoms with Crippen LogP contribution in [-0.4, -0.2) is 41.2 Å². The zero-order valence-corrected chi connectivity index (χ0v) is 19.0. The summed E-state index contributed by atoms with van der Waals surface area (Å²) < 4.78 is 36.7. The number of nitrogens with one attached hydrogen (secondary N) is 2. The Morgan fingerprint density at radius 2 is 1.53 bits per heavy atom. The first-order valence-electron chi connectivity index (χ1n) is 9.28. The van der Waals surface area contributed by atoms with Crippen molar-refractivity contribution in [3.63, 3.8) is 0 Å². The summed E-state index contributed by atoms with van der Waals surface area (Å²) in [5, 5.41) is 5.53. The molecule has 8 heteroatoms. The Balaban J connectivity index is 0.00000101. The summed E-state index contributed by atoms with van der Waals surface area (Å²) in [4.78, 5) is 13.9. The van der Waals surface area contributed by atoms with E-state index in [1.165, 1.54) is 23.5 Å². The lowest BCUT2D eigenvalue weighted by Gasteiger charge is -2.06. The fraction of sp³-hybridized carbons (Fsp3) is 0.227. The van der Waals surface area contributed by atoms with Crippen molar-refractivity contribution in [3.8, 4) is 21.6 Å². The van der Waals surface area contributed by atoms with E-state index >= 15 is 0 Å². The van der Waals surface area contributed by atoms with Gasteiger partial charge < -0.3 is 10.6 Å². The fourth-order valence-electron chi connectivity index (χ4n) is 2.66. The first-order valence-corrected chi connectivity index (χ1v) is 12.0. The van der Waals surface area contributed by atoms with Crippen LogP contribution in [0.15, 0.2) is 59.5 Å². The van der Waals surface area contributed by atoms with Crippen LogP contribution >= 0.6 is 11.3 Å². The van der Waals surface area contributed by atoms with E-state index in [0.29, 0.717) is 11.4 Å². The Bertz CT molecular complexity index is 1090. The van der Waals surface area contributed by atoms with Crippen LogP contribution in [0, 0.1) is 5.82 Å². The van der Waals surface area contributed by atoms with E-state index in [9.17, 15) is 17.6 Å². The molecule has 5 nitrogen and oxygen atoms in total. The van der Waals surface area contributed by atoms with Crippen LogP contribution in [0.4, 0.5) is 4.39 Å². The van der Waals surface area contributed by atoms with Crippen LogP contribution in [0.25, 0.3) is 21.6 Å². The Labute approximate surface area is 180 Å². The molecule has 0 aliphatic heterocycles. The SMILES string of the molecule is CCNC(=O)c1cc(-c2ccc(S(C)(=O)=O)cc2)c(-c2ccc(F)cc2)s1.CNC. The molecule has 0 fully saturated rings. The molecular weight excluding hydrogens is 423 g/mol. The number of benzene rings is 2. The predicted molar refractivity (Wildman–Crippen MR) is 121 cm³/mol. The van der Waals surface area contributed by atoms with Gasteiger partial charge in [0.25, 0.3) is 5.91 Å². The van der Waals surface area contributed by atoms with Gasteiger partial charge in [0, 0.05) is 23.2 Å². The smallest absolute Gasteiger partial charge is 0.261 e. The van der Waals surface area contributed by atoms with Gasteiger partial charge in [0.2, 0.25) is 0 Å². The van der Waals surface area contributed by atoms with E-state index < -0.39 is 9.84 Å². The lowest BCUT2D eigenvalue weighted by Crippen LogP contribution is -2.21. The topological polar surface area (TPSA) is 75.3 Å². The van der Waals surface area contributed by atoms with Crippen molar-refractivity contribution >= 4 is 27.1 Å². The van der Waals surface area contributed by atoms with E-state index in [-0.39, 0.29) is 16.6 Å². The Hall–Kier alpha value is -2.55. The van der Waals surface area contributed by atoms with E-state index in [1.54, 1.807) is 42.5 Å². The zero-order chi connectivity index (χ0) is 22.3. The molecule has 0 atom stereocenters. The minimum absolute atomic E-state index is 0.176. The van der Waals surface area contributed by atoms with E-state index in [1.807, 2.05) is 21.0 Å². The number of carbonyl (C=O) groups excluding carboxylic acids is 1. The van der Waals surface area contributed by atoms with Gasteiger partial charge in [-0.15, -0.1) is 11.3 Å². The number of carbonyl (C=O) groups is 1. The predicted octanol–water partition coefficient (Wildman–Crippen LogP) is 4.21. The highest BCUT2D eigenvalue weighted by Crippen LogP contribution is 2.39. The van der Waals surface area contributed by atoms with Crippen LogP contribution in [0.2, 0.25) is 0 Å². The van der Waals surface area contributed by atoms with Crippen molar-refractivity contribution in [1.82, 2.24) is 10.6 Å². The molecule has 1 heterocycles. The van der Waals surface area contributed by atoms with Crippen molar-refractivity contribution in [2.75, 3.05) is 26.9 Å². The highest BCUT2D eigenvalue weighted by Gasteiger charge is 2.17. The molecule has 0 saturated heterocycles. The zero-order valence-electron chi connectivity index (χ0n) is 17.3. The molecule has 0 radical (unpaired) electrons. The molecule has 3 aromatic rings. The summed E-state index contributed by atoms with van der Waals surface area (Å²) in [6.07, 6.45) is 1.16. The normalized spacial score (nSPS) is 10.8. The van der Waals surface area contributed by atoms with Gasteiger partial charge in [-0.3, -0.25) is 4.79 Å². The monoisotopic (exact) mass is 448 g/mol. The van der Waals surface area contributed by atoms with Crippen molar-refractivity contribution in [3.05, 3.63) is 65.3 Å². The molecule has 160 valence electrons. The lowest BCUT2D eigenvalue weighted by atomic mass is 10.0. The standard InChI is InChI=1S/C20H18FNO3S2.C2H7N/c1-3-22-20(23)18-12-17(13-6-10-16(11-7-13)27(2,24)25)19(26-18)14-4-8-15(21)9-5-14;1-3-2/h4-12H,3H2,1-2H3,(H,22,23);3H,1-2H3. The molecule has 0 bridgehead atoms. The lowest BCUT2D eigenvalue weighted by molar-refractivity contribution is 0.0960. The van der Waals surface area contributed by atoms with Gasteiger partial charge in [0.05, 0.1) is 9.77 Å². The fourth-order valence-corrected chi connectivity index (χ4v) is 4.40. The molecule has 0 unspecified atom stereocenters. The number of hydrogen-bond donors (Lipinski definition) is 2.